The Hall–Kier alpha value is -1.46. The number of ether oxygens (including phenoxy) is 1. The quantitative estimate of drug-likeness (QED) is 0.846. The molecule has 0 unspecified atom stereocenters. The van der Waals surface area contributed by atoms with Gasteiger partial charge in [0.2, 0.25) is 0 Å². The van der Waals surface area contributed by atoms with E-state index in [4.69, 9.17) is 4.74 Å². The van der Waals surface area contributed by atoms with Crippen LogP contribution in [0.15, 0.2) is 24.3 Å². The monoisotopic (exact) mass is 276 g/mol. The lowest BCUT2D eigenvalue weighted by atomic mass is 10.1. The minimum atomic E-state index is 0.0516. The smallest absolute Gasteiger partial charge is 0.282 e. The maximum atomic E-state index is 12.4. The fourth-order valence-corrected chi connectivity index (χ4v) is 3.33. The zero-order valence-corrected chi connectivity index (χ0v) is 11.7. The van der Waals surface area contributed by atoms with Gasteiger partial charge in [-0.05, 0) is 25.0 Å². The Bertz CT molecular complexity index is 555. The molecule has 0 N–H and O–H groups in total. The zero-order chi connectivity index (χ0) is 13.2. The third-order valence-corrected chi connectivity index (χ3v) is 4.56. The Morgan fingerprint density at radius 1 is 1.37 bits per heavy atom. The number of carbonyl (C=O) groups is 1. The van der Waals surface area contributed by atoms with E-state index < -0.39 is 0 Å². The predicted molar refractivity (Wildman–Crippen MR) is 75.6 cm³/mol. The average molecular weight is 276 g/mol. The maximum absolute atomic E-state index is 12.4. The Labute approximate surface area is 116 Å². The lowest BCUT2D eigenvalue weighted by Gasteiger charge is -2.30. The van der Waals surface area contributed by atoms with Crippen LogP contribution < -0.4 is 0 Å². The van der Waals surface area contributed by atoms with E-state index in [1.165, 1.54) is 11.3 Å². The van der Waals surface area contributed by atoms with Gasteiger partial charge in [-0.2, -0.15) is 0 Å². The molecule has 5 heteroatoms. The van der Waals surface area contributed by atoms with Crippen molar-refractivity contribution in [3.63, 3.8) is 0 Å². The summed E-state index contributed by atoms with van der Waals surface area (Å²) >= 11 is 1.47. The molecule has 0 spiro atoms. The van der Waals surface area contributed by atoms with Crippen LogP contribution in [0.3, 0.4) is 0 Å². The molecule has 0 bridgehead atoms. The summed E-state index contributed by atoms with van der Waals surface area (Å²) in [7, 11) is 1.73. The lowest BCUT2D eigenvalue weighted by Crippen LogP contribution is -2.40. The summed E-state index contributed by atoms with van der Waals surface area (Å²) in [5, 5.41) is 0.595. The Kier molecular flexibility index (Phi) is 3.48. The third-order valence-electron chi connectivity index (χ3n) is 3.54. The van der Waals surface area contributed by atoms with E-state index in [0.29, 0.717) is 11.1 Å². The first-order chi connectivity index (χ1) is 9.28. The van der Waals surface area contributed by atoms with E-state index in [9.17, 15) is 4.79 Å². The molecular formula is C14H16N2O2S. The van der Waals surface area contributed by atoms with Gasteiger partial charge in [-0.25, -0.2) is 4.98 Å². The molecule has 1 saturated heterocycles. The number of thiazole rings is 1. The maximum Gasteiger partial charge on any atom is 0.282 e. The number of aromatic nitrogens is 1. The molecule has 3 rings (SSSR count). The Morgan fingerprint density at radius 2 is 2.11 bits per heavy atom. The summed E-state index contributed by atoms with van der Waals surface area (Å²) in [6, 6.07) is 7.86. The van der Waals surface area contributed by atoms with Crippen molar-refractivity contribution >= 4 is 27.5 Å². The second kappa shape index (κ2) is 5.27. The summed E-state index contributed by atoms with van der Waals surface area (Å²) in [4.78, 5) is 18.7. The fourth-order valence-electron chi connectivity index (χ4n) is 2.39. The van der Waals surface area contributed by atoms with E-state index >= 15 is 0 Å². The molecule has 1 aromatic heterocycles. The first-order valence-electron chi connectivity index (χ1n) is 6.45. The second-order valence-corrected chi connectivity index (χ2v) is 5.74. The molecule has 4 nitrogen and oxygen atoms in total. The standard InChI is InChI=1S/C14H16N2O2S/c1-18-10-6-8-16(9-7-10)14(17)13-15-11-4-2-3-5-12(11)19-13/h2-5,10H,6-9H2,1H3. The molecule has 1 amide bonds. The topological polar surface area (TPSA) is 42.4 Å². The summed E-state index contributed by atoms with van der Waals surface area (Å²) in [5.41, 5.74) is 0.905. The van der Waals surface area contributed by atoms with Crippen LogP contribution in [0.4, 0.5) is 0 Å². The van der Waals surface area contributed by atoms with Crippen molar-refractivity contribution in [1.82, 2.24) is 9.88 Å². The van der Waals surface area contributed by atoms with Crippen molar-refractivity contribution in [2.24, 2.45) is 0 Å². The van der Waals surface area contributed by atoms with Gasteiger partial charge in [0.15, 0.2) is 5.01 Å². The van der Waals surface area contributed by atoms with Crippen LogP contribution in [0.5, 0.6) is 0 Å². The number of hydrogen-bond donors (Lipinski definition) is 0. The molecule has 0 atom stereocenters. The molecule has 0 aliphatic carbocycles. The van der Waals surface area contributed by atoms with Crippen LogP contribution >= 0.6 is 11.3 Å². The minimum Gasteiger partial charge on any atom is -0.381 e. The molecule has 1 aromatic carbocycles. The van der Waals surface area contributed by atoms with Gasteiger partial charge < -0.3 is 9.64 Å². The molecular weight excluding hydrogens is 260 g/mol. The van der Waals surface area contributed by atoms with E-state index in [1.807, 2.05) is 29.2 Å². The van der Waals surface area contributed by atoms with Crippen molar-refractivity contribution in [3.05, 3.63) is 29.3 Å². The number of nitrogens with zero attached hydrogens (tertiary/aromatic N) is 2. The summed E-state index contributed by atoms with van der Waals surface area (Å²) in [6.45, 7) is 1.51. The molecule has 1 fully saturated rings. The number of carbonyl (C=O) groups excluding carboxylic acids is 1. The molecule has 1 aliphatic rings. The largest absolute Gasteiger partial charge is 0.381 e. The van der Waals surface area contributed by atoms with Crippen LogP contribution in [0.2, 0.25) is 0 Å². The van der Waals surface area contributed by atoms with Crippen LogP contribution in [0.1, 0.15) is 22.6 Å². The second-order valence-electron chi connectivity index (χ2n) is 4.71. The summed E-state index contributed by atoms with van der Waals surface area (Å²) in [5.74, 6) is 0.0516. The third kappa shape index (κ3) is 2.48. The molecule has 2 heterocycles. The zero-order valence-electron chi connectivity index (χ0n) is 10.8. The summed E-state index contributed by atoms with van der Waals surface area (Å²) in [6.07, 6.45) is 2.11. The molecule has 19 heavy (non-hydrogen) atoms. The van der Waals surface area contributed by atoms with Crippen molar-refractivity contribution in [2.45, 2.75) is 18.9 Å². The average Bonchev–Trinajstić information content (AvgIpc) is 2.90. The Morgan fingerprint density at radius 3 is 2.79 bits per heavy atom. The van der Waals surface area contributed by atoms with Crippen molar-refractivity contribution in [1.29, 1.82) is 0 Å². The molecule has 1 aliphatic heterocycles. The number of piperidine rings is 1. The molecule has 0 saturated carbocycles. The highest BCUT2D eigenvalue weighted by Gasteiger charge is 2.25. The fraction of sp³-hybridized carbons (Fsp3) is 0.429. The van der Waals surface area contributed by atoms with Crippen LogP contribution in [0.25, 0.3) is 10.2 Å². The molecule has 2 aromatic rings. The normalized spacial score (nSPS) is 17.0. The van der Waals surface area contributed by atoms with Crippen LogP contribution in [0, 0.1) is 0 Å². The van der Waals surface area contributed by atoms with Gasteiger partial charge in [-0.15, -0.1) is 11.3 Å². The van der Waals surface area contributed by atoms with Gasteiger partial charge in [0.25, 0.3) is 5.91 Å². The van der Waals surface area contributed by atoms with Gasteiger partial charge in [0, 0.05) is 20.2 Å². The predicted octanol–water partition coefficient (Wildman–Crippen LogP) is 2.55. The van der Waals surface area contributed by atoms with E-state index in [1.54, 1.807) is 7.11 Å². The highest BCUT2D eigenvalue weighted by atomic mass is 32.1. The highest BCUT2D eigenvalue weighted by molar-refractivity contribution is 7.20. The summed E-state index contributed by atoms with van der Waals surface area (Å²) < 4.78 is 6.39. The van der Waals surface area contributed by atoms with E-state index in [2.05, 4.69) is 4.98 Å². The number of hydrogen-bond acceptors (Lipinski definition) is 4. The number of methoxy groups -OCH3 is 1. The van der Waals surface area contributed by atoms with Crippen molar-refractivity contribution in [2.75, 3.05) is 20.2 Å². The molecule has 0 radical (unpaired) electrons. The minimum absolute atomic E-state index is 0.0516. The van der Waals surface area contributed by atoms with E-state index in [0.717, 1.165) is 36.1 Å². The number of amides is 1. The number of rotatable bonds is 2. The number of benzene rings is 1. The Balaban J connectivity index is 1.77. The van der Waals surface area contributed by atoms with Gasteiger partial charge in [0.05, 0.1) is 16.3 Å². The first-order valence-corrected chi connectivity index (χ1v) is 7.27. The van der Waals surface area contributed by atoms with E-state index in [-0.39, 0.29) is 5.91 Å². The number of para-hydroxylation sites is 1. The van der Waals surface area contributed by atoms with Crippen LogP contribution in [-0.4, -0.2) is 42.1 Å². The number of fused-ring (bicyclic) bond motifs is 1. The van der Waals surface area contributed by atoms with Crippen LogP contribution in [-0.2, 0) is 4.74 Å². The SMILES string of the molecule is COC1CCN(C(=O)c2nc3ccccc3s2)CC1. The molecule has 100 valence electrons. The number of likely N-dealkylation sites (tertiary alicyclic amines) is 1. The van der Waals surface area contributed by atoms with Crippen molar-refractivity contribution in [3.8, 4) is 0 Å². The highest BCUT2D eigenvalue weighted by Crippen LogP contribution is 2.24. The first kappa shape index (κ1) is 12.6. The van der Waals surface area contributed by atoms with Crippen molar-refractivity contribution < 1.29 is 9.53 Å². The lowest BCUT2D eigenvalue weighted by molar-refractivity contribution is 0.0350. The van der Waals surface area contributed by atoms with Gasteiger partial charge >= 0.3 is 0 Å². The van der Waals surface area contributed by atoms with Gasteiger partial charge in [-0.1, -0.05) is 12.1 Å². The van der Waals surface area contributed by atoms with Gasteiger partial charge in [0.1, 0.15) is 0 Å². The van der Waals surface area contributed by atoms with Gasteiger partial charge in [-0.3, -0.25) is 4.79 Å².